The van der Waals surface area contributed by atoms with Gasteiger partial charge in [0.2, 0.25) is 5.88 Å². The van der Waals surface area contributed by atoms with Crippen LogP contribution < -0.4 is 15.0 Å². The molecule has 11 heteroatoms. The quantitative estimate of drug-likeness (QED) is 0.460. The first kappa shape index (κ1) is 25.4. The number of carbonyl (C=O) groups is 1. The van der Waals surface area contributed by atoms with Crippen LogP contribution in [-0.2, 0) is 6.18 Å². The average Bonchev–Trinajstić information content (AvgIpc) is 2.87. The van der Waals surface area contributed by atoms with Crippen LogP contribution in [0.5, 0.6) is 5.88 Å². The normalized spacial score (nSPS) is 16.3. The van der Waals surface area contributed by atoms with Gasteiger partial charge in [0, 0.05) is 18.2 Å². The highest BCUT2D eigenvalue weighted by Gasteiger charge is 2.31. The number of fused-ring (bicyclic) bond motifs is 1. The molecule has 1 aliphatic rings. The van der Waals surface area contributed by atoms with Gasteiger partial charge in [-0.1, -0.05) is 31.2 Å². The van der Waals surface area contributed by atoms with Crippen molar-refractivity contribution in [3.8, 4) is 17.1 Å². The number of aliphatic hydroxyl groups excluding tert-OH is 2. The Morgan fingerprint density at radius 1 is 1.19 bits per heavy atom. The topological polar surface area (TPSA) is 108 Å². The average molecular weight is 502 g/mol. The van der Waals surface area contributed by atoms with Crippen LogP contribution in [0.4, 0.5) is 29.6 Å². The Morgan fingerprint density at radius 2 is 1.97 bits per heavy atom. The number of nitrogens with one attached hydrogen (secondary N) is 1. The standard InChI is InChI=1S/C25H25F3N4O4/c1-15-10-11-32(24(35)31-21-6-3-7-22(30-21)36-14-18(34)13-33)23-19(15)8-9-20(29-23)16-4-2-5-17(12-16)25(26,27)28/h2-9,12,15,18,33-34H,10-11,13-14H2,1H3,(H,30,31,35)/t15?,18-/m0/s1. The van der Waals surface area contributed by atoms with E-state index in [0.29, 0.717) is 30.0 Å². The van der Waals surface area contributed by atoms with Crippen molar-refractivity contribution in [3.63, 3.8) is 0 Å². The number of hydrogen-bond acceptors (Lipinski definition) is 6. The van der Waals surface area contributed by atoms with Crippen LogP contribution in [0.2, 0.25) is 0 Å². The number of amides is 2. The van der Waals surface area contributed by atoms with E-state index in [-0.39, 0.29) is 24.2 Å². The number of urea groups is 1. The summed E-state index contributed by atoms with van der Waals surface area (Å²) in [6.07, 6.45) is -4.86. The van der Waals surface area contributed by atoms with E-state index in [1.807, 2.05) is 6.92 Å². The Labute approximate surface area is 205 Å². The van der Waals surface area contributed by atoms with Crippen molar-refractivity contribution < 1.29 is 32.9 Å². The molecule has 0 radical (unpaired) electrons. The number of halogens is 3. The molecule has 36 heavy (non-hydrogen) atoms. The SMILES string of the molecule is CC1CCN(C(=O)Nc2cccc(OC[C@@H](O)CO)n2)c2nc(-c3cccc(C(F)(F)F)c3)ccc21. The van der Waals surface area contributed by atoms with Crippen LogP contribution in [-0.4, -0.2) is 52.1 Å². The van der Waals surface area contributed by atoms with Gasteiger partial charge in [-0.2, -0.15) is 18.2 Å². The Bertz CT molecular complexity index is 1240. The Hall–Kier alpha value is -3.70. The lowest BCUT2D eigenvalue weighted by Gasteiger charge is -2.32. The van der Waals surface area contributed by atoms with Gasteiger partial charge in [-0.3, -0.25) is 10.2 Å². The molecule has 3 heterocycles. The minimum absolute atomic E-state index is 0.111. The van der Waals surface area contributed by atoms with Crippen molar-refractivity contribution in [2.24, 2.45) is 0 Å². The van der Waals surface area contributed by atoms with Gasteiger partial charge in [0.25, 0.3) is 0 Å². The molecule has 3 aromatic rings. The molecule has 2 atom stereocenters. The highest BCUT2D eigenvalue weighted by atomic mass is 19.4. The molecule has 1 unspecified atom stereocenters. The Morgan fingerprint density at radius 3 is 2.72 bits per heavy atom. The van der Waals surface area contributed by atoms with Gasteiger partial charge in [-0.05, 0) is 42.2 Å². The maximum Gasteiger partial charge on any atom is 0.416 e. The fourth-order valence-electron chi connectivity index (χ4n) is 3.83. The highest BCUT2D eigenvalue weighted by molar-refractivity contribution is 6.01. The van der Waals surface area contributed by atoms with Crippen molar-refractivity contribution in [1.29, 1.82) is 0 Å². The molecule has 1 aromatic carbocycles. The number of aromatic nitrogens is 2. The van der Waals surface area contributed by atoms with Crippen molar-refractivity contribution >= 4 is 17.7 Å². The first-order chi connectivity index (χ1) is 17.2. The molecule has 0 saturated carbocycles. The van der Waals surface area contributed by atoms with Gasteiger partial charge in [-0.25, -0.2) is 9.78 Å². The monoisotopic (exact) mass is 502 g/mol. The molecule has 1 aliphatic heterocycles. The molecule has 0 spiro atoms. The summed E-state index contributed by atoms with van der Waals surface area (Å²) in [5.41, 5.74) is 0.655. The maximum absolute atomic E-state index is 13.2. The number of aliphatic hydroxyl groups is 2. The molecule has 8 nitrogen and oxygen atoms in total. The minimum atomic E-state index is -4.48. The van der Waals surface area contributed by atoms with E-state index < -0.39 is 30.5 Å². The number of rotatable bonds is 6. The number of carbonyl (C=O) groups excluding carboxylic acids is 1. The van der Waals surface area contributed by atoms with Gasteiger partial charge >= 0.3 is 12.2 Å². The third kappa shape index (κ3) is 5.74. The van der Waals surface area contributed by atoms with Crippen molar-refractivity contribution in [1.82, 2.24) is 9.97 Å². The number of nitrogens with zero attached hydrogens (tertiary/aromatic N) is 3. The third-order valence-electron chi connectivity index (χ3n) is 5.80. The van der Waals surface area contributed by atoms with E-state index in [1.54, 1.807) is 36.4 Å². The van der Waals surface area contributed by atoms with E-state index in [9.17, 15) is 23.1 Å². The molecule has 190 valence electrons. The third-order valence-corrected chi connectivity index (χ3v) is 5.80. The molecule has 0 saturated heterocycles. The molecular weight excluding hydrogens is 477 g/mol. The zero-order valence-corrected chi connectivity index (χ0v) is 19.4. The van der Waals surface area contributed by atoms with Gasteiger partial charge in [0.1, 0.15) is 24.3 Å². The Balaban J connectivity index is 1.58. The number of pyridine rings is 2. The molecular formula is C25H25F3N4O4. The summed E-state index contributed by atoms with van der Waals surface area (Å²) in [7, 11) is 0. The summed E-state index contributed by atoms with van der Waals surface area (Å²) >= 11 is 0. The second kappa shape index (κ2) is 10.5. The van der Waals surface area contributed by atoms with Crippen LogP contribution in [0.3, 0.4) is 0 Å². The predicted molar refractivity (Wildman–Crippen MR) is 127 cm³/mol. The predicted octanol–water partition coefficient (Wildman–Crippen LogP) is 4.44. The molecule has 0 aliphatic carbocycles. The fraction of sp³-hybridized carbons (Fsp3) is 0.320. The first-order valence-electron chi connectivity index (χ1n) is 11.3. The summed E-state index contributed by atoms with van der Waals surface area (Å²) in [5.74, 6) is 0.836. The number of anilines is 2. The lowest BCUT2D eigenvalue weighted by molar-refractivity contribution is -0.137. The molecule has 2 aromatic heterocycles. The second-order valence-corrected chi connectivity index (χ2v) is 8.47. The smallest absolute Gasteiger partial charge is 0.416 e. The molecule has 3 N–H and O–H groups in total. The second-order valence-electron chi connectivity index (χ2n) is 8.47. The van der Waals surface area contributed by atoms with Gasteiger partial charge < -0.3 is 14.9 Å². The summed E-state index contributed by atoms with van der Waals surface area (Å²) in [6, 6.07) is 12.6. The van der Waals surface area contributed by atoms with Crippen molar-refractivity contribution in [2.45, 2.75) is 31.5 Å². The lowest BCUT2D eigenvalue weighted by atomic mass is 9.93. The largest absolute Gasteiger partial charge is 0.475 e. The summed E-state index contributed by atoms with van der Waals surface area (Å²) in [5, 5.41) is 21.0. The van der Waals surface area contributed by atoms with Crippen LogP contribution >= 0.6 is 0 Å². The van der Waals surface area contributed by atoms with Crippen LogP contribution in [0.1, 0.15) is 30.4 Å². The summed E-state index contributed by atoms with van der Waals surface area (Å²) < 4.78 is 44.9. The van der Waals surface area contributed by atoms with E-state index >= 15 is 0 Å². The zero-order valence-electron chi connectivity index (χ0n) is 19.4. The molecule has 0 fully saturated rings. The maximum atomic E-state index is 13.2. The van der Waals surface area contributed by atoms with Crippen molar-refractivity contribution in [2.75, 3.05) is 30.0 Å². The van der Waals surface area contributed by atoms with E-state index in [2.05, 4.69) is 15.3 Å². The van der Waals surface area contributed by atoms with Gasteiger partial charge in [-0.15, -0.1) is 0 Å². The summed E-state index contributed by atoms with van der Waals surface area (Å²) in [6.45, 7) is 1.74. The lowest BCUT2D eigenvalue weighted by Crippen LogP contribution is -2.40. The molecule has 4 rings (SSSR count). The number of ether oxygens (including phenoxy) is 1. The minimum Gasteiger partial charge on any atom is -0.475 e. The number of benzene rings is 1. The Kier molecular flexibility index (Phi) is 7.41. The number of alkyl halides is 3. The highest BCUT2D eigenvalue weighted by Crippen LogP contribution is 2.37. The van der Waals surface area contributed by atoms with Gasteiger partial charge in [0.15, 0.2) is 0 Å². The van der Waals surface area contributed by atoms with E-state index in [1.165, 1.54) is 11.0 Å². The van der Waals surface area contributed by atoms with Gasteiger partial charge in [0.05, 0.1) is 17.9 Å². The van der Waals surface area contributed by atoms with Crippen LogP contribution in [0.25, 0.3) is 11.3 Å². The number of hydrogen-bond donors (Lipinski definition) is 3. The molecule has 2 amide bonds. The zero-order chi connectivity index (χ0) is 25.9. The van der Waals surface area contributed by atoms with E-state index in [0.717, 1.165) is 17.7 Å². The van der Waals surface area contributed by atoms with Crippen molar-refractivity contribution in [3.05, 3.63) is 65.7 Å². The van der Waals surface area contributed by atoms with E-state index in [4.69, 9.17) is 9.84 Å². The summed E-state index contributed by atoms with van der Waals surface area (Å²) in [4.78, 5) is 23.4. The first-order valence-corrected chi connectivity index (χ1v) is 11.3. The van der Waals surface area contributed by atoms with Crippen LogP contribution in [0, 0.1) is 0 Å². The molecule has 0 bridgehead atoms. The van der Waals surface area contributed by atoms with Crippen LogP contribution in [0.15, 0.2) is 54.6 Å². The fourth-order valence-corrected chi connectivity index (χ4v) is 3.83.